The summed E-state index contributed by atoms with van der Waals surface area (Å²) in [5.74, 6) is 11.9. The monoisotopic (exact) mass is 1250 g/mol. The zero-order chi connectivity index (χ0) is 60.7. The molecular formula is C76H72Cl3F2N9. The highest BCUT2D eigenvalue weighted by Gasteiger charge is 2.49. The van der Waals surface area contributed by atoms with Gasteiger partial charge in [0.1, 0.15) is 29.1 Å². The number of nitrogens with one attached hydrogen (secondary N) is 3. The molecule has 6 heterocycles. The highest BCUT2D eigenvalue weighted by molar-refractivity contribution is 6.31. The second-order valence-corrected chi connectivity index (χ2v) is 28.8. The maximum absolute atomic E-state index is 13.9. The summed E-state index contributed by atoms with van der Waals surface area (Å²) in [5, 5.41) is 5.57. The number of halogens is 5. The van der Waals surface area contributed by atoms with Crippen molar-refractivity contribution in [2.75, 3.05) is 0 Å². The first-order valence-electron chi connectivity index (χ1n) is 32.8. The normalized spacial score (nSPS) is 25.9. The quantitative estimate of drug-likeness (QED) is 0.112. The molecule has 13 atom stereocenters. The SMILES string of the molecule is C[C@H](CC1CC2CC1CC2c1ccnc2ccc(F)cc12)c1nc2ccc(Cl)cc2[nH]1.Clc1ccc2nc(CCC3CC4CC3CC4c3ccnc4ccccc34)[nH]c2c1.Fc1ccc2nccc(C3CC4CC3CC4CCc3nc4ccc(Cl)cc4[nH]3)c2c1. The Labute approximate surface area is 537 Å². The van der Waals surface area contributed by atoms with E-state index in [4.69, 9.17) is 49.8 Å². The summed E-state index contributed by atoms with van der Waals surface area (Å²) in [6.45, 7) is 2.28. The van der Waals surface area contributed by atoms with E-state index in [0.29, 0.717) is 35.5 Å². The summed E-state index contributed by atoms with van der Waals surface area (Å²) < 4.78 is 27.8. The summed E-state index contributed by atoms with van der Waals surface area (Å²) in [6, 6.07) is 42.5. The van der Waals surface area contributed by atoms with Crippen LogP contribution in [0.3, 0.4) is 0 Å². The fraction of sp³-hybridized carbons (Fsp3) is 0.368. The van der Waals surface area contributed by atoms with Crippen molar-refractivity contribution in [3.63, 3.8) is 0 Å². The third-order valence-corrected chi connectivity index (χ3v) is 23.1. The largest absolute Gasteiger partial charge is 0.342 e. The van der Waals surface area contributed by atoms with Crippen LogP contribution in [0.25, 0.3) is 65.8 Å². The molecule has 6 saturated carbocycles. The van der Waals surface area contributed by atoms with Gasteiger partial charge in [0.05, 0.1) is 49.7 Å². The molecule has 456 valence electrons. The topological polar surface area (TPSA) is 125 Å². The number of rotatable bonds is 12. The van der Waals surface area contributed by atoms with Gasteiger partial charge in [-0.15, -0.1) is 0 Å². The van der Waals surface area contributed by atoms with E-state index in [2.05, 4.69) is 79.3 Å². The maximum atomic E-state index is 13.9. The average molecular weight is 1260 g/mol. The zero-order valence-corrected chi connectivity index (χ0v) is 52.7. The molecular weight excluding hydrogens is 1180 g/mol. The van der Waals surface area contributed by atoms with Crippen LogP contribution < -0.4 is 0 Å². The smallest absolute Gasteiger partial charge is 0.123 e. The highest BCUT2D eigenvalue weighted by Crippen LogP contribution is 2.60. The molecule has 0 radical (unpaired) electrons. The van der Waals surface area contributed by atoms with E-state index < -0.39 is 0 Å². The number of hydrogen-bond donors (Lipinski definition) is 3. The van der Waals surface area contributed by atoms with Crippen molar-refractivity contribution in [2.24, 2.45) is 53.3 Å². The van der Waals surface area contributed by atoms with Crippen molar-refractivity contribution in [3.05, 3.63) is 213 Å². The van der Waals surface area contributed by atoms with Gasteiger partial charge in [0.2, 0.25) is 0 Å². The van der Waals surface area contributed by atoms with Gasteiger partial charge in [-0.3, -0.25) is 15.0 Å². The second-order valence-electron chi connectivity index (χ2n) is 27.5. The van der Waals surface area contributed by atoms with Crippen LogP contribution in [0.2, 0.25) is 15.1 Å². The highest BCUT2D eigenvalue weighted by atomic mass is 35.5. The van der Waals surface area contributed by atoms with E-state index >= 15 is 0 Å². The van der Waals surface area contributed by atoms with Crippen LogP contribution in [0.4, 0.5) is 8.78 Å². The Kier molecular flexibility index (Phi) is 15.5. The van der Waals surface area contributed by atoms with Crippen LogP contribution in [0.1, 0.15) is 142 Å². The molecule has 14 heteroatoms. The minimum Gasteiger partial charge on any atom is -0.342 e. The van der Waals surface area contributed by atoms with Crippen molar-refractivity contribution in [2.45, 2.75) is 120 Å². The first-order valence-corrected chi connectivity index (χ1v) is 33.9. The number of aromatic nitrogens is 9. The van der Waals surface area contributed by atoms with Crippen LogP contribution in [-0.4, -0.2) is 44.9 Å². The van der Waals surface area contributed by atoms with Gasteiger partial charge >= 0.3 is 0 Å². The summed E-state index contributed by atoms with van der Waals surface area (Å²) in [7, 11) is 0. The Morgan fingerprint density at radius 1 is 0.411 bits per heavy atom. The van der Waals surface area contributed by atoms with Crippen LogP contribution in [0, 0.1) is 64.9 Å². The van der Waals surface area contributed by atoms with Gasteiger partial charge in [0, 0.05) is 68.6 Å². The average Bonchev–Trinajstić information content (AvgIpc) is 1.65. The number of aryl methyl sites for hydroxylation is 2. The number of benzene rings is 6. The first-order chi connectivity index (χ1) is 43.9. The lowest BCUT2D eigenvalue weighted by molar-refractivity contribution is 0.276. The molecule has 12 aromatic rings. The third-order valence-electron chi connectivity index (χ3n) is 22.4. The standard InChI is InChI=1S/C26H25ClFN3.C25H23ClFN3.C25H24ClN3/c1-14(26-30-24-4-2-18(27)12-25(24)31-26)8-15-9-17-10-16(15)11-21(17)20-6-7-29-23-5-3-19(28)13-22(20)23;26-17-2-4-23-24(12-17)30-25(29-23)6-1-14-9-16-10-15(14)11-20(16)19-7-8-28-22-5-3-18(27)13-21(19)22;26-18-6-7-23-24(14-18)29-25(28-23)8-5-15-11-17-12-16(15)13-21(17)19-9-10-27-22-4-2-1-3-20(19)22/h2-7,12-17,21H,8-11H2,1H3,(H,30,31);2-5,7-8,12-16,20H,1,6,9-11H2,(H,29,30);1-4,6-7,9-10,14-17,21H,5,8,11-13H2,(H,28,29)/t14-,15?,16?,17?,21?;;/m1../s1. The molecule has 12 unspecified atom stereocenters. The van der Waals surface area contributed by atoms with E-state index in [9.17, 15) is 8.78 Å². The van der Waals surface area contributed by atoms with Gasteiger partial charge in [-0.1, -0.05) is 59.9 Å². The van der Waals surface area contributed by atoms with E-state index in [-0.39, 0.29) is 11.6 Å². The molecule has 6 aromatic carbocycles. The van der Waals surface area contributed by atoms with Crippen molar-refractivity contribution < 1.29 is 8.78 Å². The van der Waals surface area contributed by atoms with Gasteiger partial charge in [-0.25, -0.2) is 23.7 Å². The van der Waals surface area contributed by atoms with Gasteiger partial charge in [0.25, 0.3) is 0 Å². The van der Waals surface area contributed by atoms with Gasteiger partial charge in [0.15, 0.2) is 0 Å². The number of imidazole rings is 3. The lowest BCUT2D eigenvalue weighted by atomic mass is 9.75. The second kappa shape index (κ2) is 24.1. The van der Waals surface area contributed by atoms with Crippen LogP contribution in [0.15, 0.2) is 152 Å². The maximum Gasteiger partial charge on any atom is 0.123 e. The van der Waals surface area contributed by atoms with Crippen molar-refractivity contribution in [3.8, 4) is 0 Å². The summed E-state index contributed by atoms with van der Waals surface area (Å²) in [5.41, 5.74) is 13.1. The van der Waals surface area contributed by atoms with Gasteiger partial charge < -0.3 is 15.0 Å². The molecule has 6 bridgehead atoms. The predicted octanol–water partition coefficient (Wildman–Crippen LogP) is 20.4. The summed E-state index contributed by atoms with van der Waals surface area (Å²) in [4.78, 5) is 38.1. The minimum atomic E-state index is -0.177. The fourth-order valence-electron chi connectivity index (χ4n) is 18.4. The molecule has 90 heavy (non-hydrogen) atoms. The number of hydrogen-bond acceptors (Lipinski definition) is 6. The Balaban J connectivity index is 0.000000108. The third kappa shape index (κ3) is 11.3. The van der Waals surface area contributed by atoms with E-state index in [0.717, 1.165) is 154 Å². The Morgan fingerprint density at radius 2 is 0.822 bits per heavy atom. The first kappa shape index (κ1) is 57.8. The molecule has 0 amide bonds. The molecule has 6 aromatic heterocycles. The van der Waals surface area contributed by atoms with E-state index in [1.807, 2.05) is 73.2 Å². The number of fused-ring (bicyclic) bond motifs is 12. The van der Waals surface area contributed by atoms with E-state index in [1.54, 1.807) is 24.3 Å². The molecule has 9 nitrogen and oxygen atoms in total. The molecule has 3 N–H and O–H groups in total. The summed E-state index contributed by atoms with van der Waals surface area (Å²) in [6.07, 6.45) is 22.9. The number of para-hydroxylation sites is 1. The van der Waals surface area contributed by atoms with Crippen molar-refractivity contribution in [1.29, 1.82) is 0 Å². The van der Waals surface area contributed by atoms with Gasteiger partial charge in [-0.05, 0) is 280 Å². The van der Waals surface area contributed by atoms with Crippen LogP contribution in [0.5, 0.6) is 0 Å². The lowest BCUT2D eigenvalue weighted by Gasteiger charge is -2.30. The van der Waals surface area contributed by atoms with Crippen molar-refractivity contribution in [1.82, 2.24) is 44.9 Å². The van der Waals surface area contributed by atoms with Crippen molar-refractivity contribution >= 4 is 101 Å². The lowest BCUT2D eigenvalue weighted by Crippen LogP contribution is -2.19. The van der Waals surface area contributed by atoms with Crippen LogP contribution in [-0.2, 0) is 12.8 Å². The molecule has 6 aliphatic carbocycles. The molecule has 6 aliphatic rings. The molecule has 6 fully saturated rings. The number of aromatic amines is 3. The van der Waals surface area contributed by atoms with E-state index in [1.165, 1.54) is 105 Å². The Hall–Kier alpha value is -7.31. The number of pyridine rings is 3. The number of H-pyrrole nitrogens is 3. The molecule has 18 rings (SSSR count). The van der Waals surface area contributed by atoms with Gasteiger partial charge in [-0.2, -0.15) is 0 Å². The van der Waals surface area contributed by atoms with Crippen LogP contribution >= 0.6 is 34.8 Å². The molecule has 0 aliphatic heterocycles. The zero-order valence-electron chi connectivity index (χ0n) is 50.4. The molecule has 0 spiro atoms. The number of nitrogens with zero attached hydrogens (tertiary/aromatic N) is 6. The minimum absolute atomic E-state index is 0.176. The predicted molar refractivity (Wildman–Crippen MR) is 359 cm³/mol. The molecule has 0 saturated heterocycles. The fourth-order valence-corrected chi connectivity index (χ4v) is 19.0. The summed E-state index contributed by atoms with van der Waals surface area (Å²) >= 11 is 18.3. The Bertz CT molecular complexity index is 4650. The Morgan fingerprint density at radius 3 is 1.29 bits per heavy atom.